The molecule has 0 saturated carbocycles. The molecule has 4 N–H and O–H groups in total. The second kappa shape index (κ2) is 7.35. The fourth-order valence-corrected chi connectivity index (χ4v) is 2.57. The smallest absolute Gasteiger partial charge is 0.308 e. The predicted octanol–water partition coefficient (Wildman–Crippen LogP) is 1.74. The highest BCUT2D eigenvalue weighted by Gasteiger charge is 2.22. The first kappa shape index (κ1) is 16.4. The van der Waals surface area contributed by atoms with E-state index in [2.05, 4.69) is 4.98 Å². The van der Waals surface area contributed by atoms with Crippen molar-refractivity contribution in [1.29, 1.82) is 0 Å². The lowest BCUT2D eigenvalue weighted by Gasteiger charge is -2.17. The number of benzene rings is 1. The zero-order valence-corrected chi connectivity index (χ0v) is 12.9. The van der Waals surface area contributed by atoms with Gasteiger partial charge in [-0.3, -0.25) is 4.79 Å². The summed E-state index contributed by atoms with van der Waals surface area (Å²) in [7, 11) is 0. The van der Waals surface area contributed by atoms with Crippen LogP contribution in [0.25, 0.3) is 11.3 Å². The molecule has 2 rings (SSSR count). The van der Waals surface area contributed by atoms with Gasteiger partial charge in [-0.05, 0) is 12.5 Å². The van der Waals surface area contributed by atoms with Crippen molar-refractivity contribution in [1.82, 2.24) is 4.98 Å². The second-order valence-corrected chi connectivity index (χ2v) is 5.60. The number of nitrogen functional groups attached to an aromatic ring is 1. The molecule has 2 atom stereocenters. The number of ether oxygens (including phenoxy) is 1. The standard InChI is InChI=1S/C15H18N2O4S/c1-2-21-13(19)7-12(18)14(20)10-5-3-9(4-6-10)11-8-22-15(16)17-11/h3-6,8,12,14,18,20H,2,7H2,1H3,(H2,16,17). The number of carbonyl (C=O) groups is 1. The topological polar surface area (TPSA) is 106 Å². The Labute approximate surface area is 132 Å². The van der Waals surface area contributed by atoms with E-state index in [1.54, 1.807) is 31.2 Å². The molecule has 0 bridgehead atoms. The van der Waals surface area contributed by atoms with Crippen molar-refractivity contribution in [3.8, 4) is 11.3 Å². The van der Waals surface area contributed by atoms with E-state index in [-0.39, 0.29) is 13.0 Å². The summed E-state index contributed by atoms with van der Waals surface area (Å²) >= 11 is 1.35. The molecule has 1 aromatic heterocycles. The molecule has 0 saturated heterocycles. The van der Waals surface area contributed by atoms with E-state index in [1.807, 2.05) is 5.38 Å². The lowest BCUT2D eigenvalue weighted by atomic mass is 10.0. The molecule has 0 fully saturated rings. The first-order valence-electron chi connectivity index (χ1n) is 6.84. The SMILES string of the molecule is CCOC(=O)CC(O)C(O)c1ccc(-c2csc(N)n2)cc1. The summed E-state index contributed by atoms with van der Waals surface area (Å²) < 4.78 is 4.75. The Bertz CT molecular complexity index is 627. The molecule has 22 heavy (non-hydrogen) atoms. The van der Waals surface area contributed by atoms with Crippen molar-refractivity contribution in [2.75, 3.05) is 12.3 Å². The number of aliphatic hydroxyl groups excluding tert-OH is 2. The molecule has 0 spiro atoms. The van der Waals surface area contributed by atoms with Crippen LogP contribution in [0.4, 0.5) is 5.13 Å². The summed E-state index contributed by atoms with van der Waals surface area (Å²) in [6.45, 7) is 1.93. The molecular formula is C15H18N2O4S. The zero-order valence-electron chi connectivity index (χ0n) is 12.1. The van der Waals surface area contributed by atoms with Gasteiger partial charge in [0.05, 0.1) is 24.8 Å². The molecule has 0 aliphatic rings. The van der Waals surface area contributed by atoms with Crippen LogP contribution in [0.5, 0.6) is 0 Å². The number of carbonyl (C=O) groups excluding carboxylic acids is 1. The van der Waals surface area contributed by atoms with E-state index in [1.165, 1.54) is 11.3 Å². The molecule has 6 nitrogen and oxygen atoms in total. The van der Waals surface area contributed by atoms with E-state index >= 15 is 0 Å². The van der Waals surface area contributed by atoms with Crippen LogP contribution in [0.15, 0.2) is 29.6 Å². The van der Waals surface area contributed by atoms with Gasteiger partial charge in [0, 0.05) is 10.9 Å². The summed E-state index contributed by atoms with van der Waals surface area (Å²) in [6.07, 6.45) is -2.61. The van der Waals surface area contributed by atoms with Gasteiger partial charge in [0.1, 0.15) is 6.10 Å². The van der Waals surface area contributed by atoms with Gasteiger partial charge in [-0.2, -0.15) is 0 Å². The number of esters is 1. The fraction of sp³-hybridized carbons (Fsp3) is 0.333. The van der Waals surface area contributed by atoms with E-state index in [0.717, 1.165) is 11.3 Å². The first-order chi connectivity index (χ1) is 10.5. The normalized spacial score (nSPS) is 13.6. The molecular weight excluding hydrogens is 304 g/mol. The maximum Gasteiger partial charge on any atom is 0.308 e. The second-order valence-electron chi connectivity index (χ2n) is 4.71. The number of hydrogen-bond acceptors (Lipinski definition) is 7. The number of hydrogen-bond donors (Lipinski definition) is 3. The third-order valence-electron chi connectivity index (χ3n) is 3.12. The molecule has 0 aliphatic carbocycles. The van der Waals surface area contributed by atoms with Crippen LogP contribution in [0.2, 0.25) is 0 Å². The van der Waals surface area contributed by atoms with Crippen LogP contribution in [0.1, 0.15) is 25.0 Å². The number of nitrogens with two attached hydrogens (primary N) is 1. The van der Waals surface area contributed by atoms with Gasteiger partial charge in [0.15, 0.2) is 5.13 Å². The molecule has 2 unspecified atom stereocenters. The largest absolute Gasteiger partial charge is 0.466 e. The van der Waals surface area contributed by atoms with Crippen molar-refractivity contribution in [3.63, 3.8) is 0 Å². The average Bonchev–Trinajstić information content (AvgIpc) is 2.93. The number of nitrogens with zero attached hydrogens (tertiary/aromatic N) is 1. The van der Waals surface area contributed by atoms with Crippen LogP contribution < -0.4 is 5.73 Å². The first-order valence-corrected chi connectivity index (χ1v) is 7.72. The molecule has 0 amide bonds. The van der Waals surface area contributed by atoms with E-state index < -0.39 is 18.2 Å². The Morgan fingerprint density at radius 3 is 2.59 bits per heavy atom. The number of anilines is 1. The fourth-order valence-electron chi connectivity index (χ4n) is 2.00. The van der Waals surface area contributed by atoms with Crippen LogP contribution in [-0.2, 0) is 9.53 Å². The molecule has 7 heteroatoms. The van der Waals surface area contributed by atoms with Crippen molar-refractivity contribution in [2.24, 2.45) is 0 Å². The minimum atomic E-state index is -1.21. The Morgan fingerprint density at radius 1 is 1.36 bits per heavy atom. The van der Waals surface area contributed by atoms with Crippen molar-refractivity contribution in [3.05, 3.63) is 35.2 Å². The number of thiazole rings is 1. The minimum Gasteiger partial charge on any atom is -0.466 e. The molecule has 1 aromatic carbocycles. The Kier molecular flexibility index (Phi) is 5.48. The van der Waals surface area contributed by atoms with E-state index in [9.17, 15) is 15.0 Å². The molecule has 0 radical (unpaired) electrons. The van der Waals surface area contributed by atoms with Gasteiger partial charge in [-0.15, -0.1) is 11.3 Å². The quantitative estimate of drug-likeness (QED) is 0.700. The molecule has 118 valence electrons. The summed E-state index contributed by atoms with van der Waals surface area (Å²) in [5.74, 6) is -0.538. The lowest BCUT2D eigenvalue weighted by Crippen LogP contribution is -2.23. The van der Waals surface area contributed by atoms with Crippen LogP contribution in [-0.4, -0.2) is 33.9 Å². The highest BCUT2D eigenvalue weighted by Crippen LogP contribution is 2.26. The Balaban J connectivity index is 2.04. The Hall–Kier alpha value is -1.96. The minimum absolute atomic E-state index is 0.243. The van der Waals surface area contributed by atoms with Crippen molar-refractivity contribution < 1.29 is 19.7 Å². The number of aromatic nitrogens is 1. The third-order valence-corrected chi connectivity index (χ3v) is 3.79. The molecule has 1 heterocycles. The lowest BCUT2D eigenvalue weighted by molar-refractivity contribution is -0.147. The number of rotatable bonds is 6. The van der Waals surface area contributed by atoms with Crippen LogP contribution in [0, 0.1) is 0 Å². The van der Waals surface area contributed by atoms with Gasteiger partial charge in [0.25, 0.3) is 0 Å². The highest BCUT2D eigenvalue weighted by molar-refractivity contribution is 7.13. The summed E-state index contributed by atoms with van der Waals surface area (Å²) in [4.78, 5) is 15.5. The monoisotopic (exact) mass is 322 g/mol. The maximum atomic E-state index is 11.3. The van der Waals surface area contributed by atoms with Gasteiger partial charge in [-0.1, -0.05) is 24.3 Å². The molecule has 2 aromatic rings. The van der Waals surface area contributed by atoms with Crippen molar-refractivity contribution >= 4 is 22.4 Å². The summed E-state index contributed by atoms with van der Waals surface area (Å²) in [5, 5.41) is 22.3. The maximum absolute atomic E-state index is 11.3. The van der Waals surface area contributed by atoms with Crippen LogP contribution in [0.3, 0.4) is 0 Å². The number of aliphatic hydroxyl groups is 2. The van der Waals surface area contributed by atoms with Gasteiger partial charge in [0.2, 0.25) is 0 Å². The summed E-state index contributed by atoms with van der Waals surface area (Å²) in [6, 6.07) is 6.93. The van der Waals surface area contributed by atoms with E-state index in [4.69, 9.17) is 10.5 Å². The highest BCUT2D eigenvalue weighted by atomic mass is 32.1. The summed E-state index contributed by atoms with van der Waals surface area (Å²) in [5.41, 5.74) is 7.74. The van der Waals surface area contributed by atoms with Gasteiger partial charge < -0.3 is 20.7 Å². The van der Waals surface area contributed by atoms with Gasteiger partial charge >= 0.3 is 5.97 Å². The van der Waals surface area contributed by atoms with Gasteiger partial charge in [-0.25, -0.2) is 4.98 Å². The zero-order chi connectivity index (χ0) is 16.1. The average molecular weight is 322 g/mol. The van der Waals surface area contributed by atoms with E-state index in [0.29, 0.717) is 10.7 Å². The predicted molar refractivity (Wildman–Crippen MR) is 84.2 cm³/mol. The molecule has 0 aliphatic heterocycles. The van der Waals surface area contributed by atoms with Crippen molar-refractivity contribution in [2.45, 2.75) is 25.6 Å². The third kappa shape index (κ3) is 4.03. The van der Waals surface area contributed by atoms with Crippen LogP contribution >= 0.6 is 11.3 Å². The Morgan fingerprint density at radius 2 is 2.05 bits per heavy atom.